The lowest BCUT2D eigenvalue weighted by atomic mass is 9.84. The van der Waals surface area contributed by atoms with Crippen molar-refractivity contribution in [3.05, 3.63) is 0 Å². The number of carbonyl (C=O) groups is 1. The zero-order chi connectivity index (χ0) is 7.19. The molecule has 2 heteroatoms. The molecular formula is C8H12O2. The fourth-order valence-corrected chi connectivity index (χ4v) is 1.72. The van der Waals surface area contributed by atoms with Crippen LogP contribution < -0.4 is 0 Å². The van der Waals surface area contributed by atoms with E-state index >= 15 is 0 Å². The number of ether oxygens (including phenoxy) is 1. The van der Waals surface area contributed by atoms with E-state index in [1.165, 1.54) is 12.8 Å². The van der Waals surface area contributed by atoms with Crippen molar-refractivity contribution in [3.8, 4) is 0 Å². The van der Waals surface area contributed by atoms with E-state index in [9.17, 15) is 4.79 Å². The second-order valence-electron chi connectivity index (χ2n) is 3.77. The standard InChI is InChI=1S/C8H12O2/c1-8(6-2-3-6)4-7(9)10-5-8/h6H,2-5H2,1H3. The van der Waals surface area contributed by atoms with Crippen LogP contribution in [0, 0.1) is 11.3 Å². The van der Waals surface area contributed by atoms with Crippen LogP contribution in [-0.2, 0) is 9.53 Å². The molecule has 1 saturated carbocycles. The summed E-state index contributed by atoms with van der Waals surface area (Å²) < 4.78 is 4.93. The van der Waals surface area contributed by atoms with Crippen LogP contribution in [0.1, 0.15) is 26.2 Å². The Morgan fingerprint density at radius 2 is 2.30 bits per heavy atom. The first-order chi connectivity index (χ1) is 4.71. The van der Waals surface area contributed by atoms with Gasteiger partial charge < -0.3 is 4.74 Å². The summed E-state index contributed by atoms with van der Waals surface area (Å²) in [5.74, 6) is 0.772. The van der Waals surface area contributed by atoms with Crippen LogP contribution in [0.25, 0.3) is 0 Å². The molecule has 1 saturated heterocycles. The number of rotatable bonds is 1. The summed E-state index contributed by atoms with van der Waals surface area (Å²) >= 11 is 0. The SMILES string of the molecule is CC1(C2CC2)COC(=O)C1. The topological polar surface area (TPSA) is 26.3 Å². The van der Waals surface area contributed by atoms with Gasteiger partial charge in [0.15, 0.2) is 0 Å². The second-order valence-corrected chi connectivity index (χ2v) is 3.77. The minimum atomic E-state index is -0.00519. The monoisotopic (exact) mass is 140 g/mol. The Morgan fingerprint density at radius 3 is 2.70 bits per heavy atom. The summed E-state index contributed by atoms with van der Waals surface area (Å²) in [4.78, 5) is 10.8. The van der Waals surface area contributed by atoms with Gasteiger partial charge in [-0.2, -0.15) is 0 Å². The van der Waals surface area contributed by atoms with E-state index in [2.05, 4.69) is 6.92 Å². The zero-order valence-corrected chi connectivity index (χ0v) is 6.22. The van der Waals surface area contributed by atoms with Gasteiger partial charge in [-0.25, -0.2) is 0 Å². The maximum atomic E-state index is 10.8. The molecule has 0 aromatic heterocycles. The van der Waals surface area contributed by atoms with E-state index in [-0.39, 0.29) is 11.4 Å². The average molecular weight is 140 g/mol. The van der Waals surface area contributed by atoms with Crippen molar-refractivity contribution in [1.29, 1.82) is 0 Å². The van der Waals surface area contributed by atoms with Crippen LogP contribution in [0.15, 0.2) is 0 Å². The minimum absolute atomic E-state index is 0.00519. The molecule has 2 rings (SSSR count). The van der Waals surface area contributed by atoms with E-state index in [1.807, 2.05) is 0 Å². The van der Waals surface area contributed by atoms with Crippen molar-refractivity contribution in [2.24, 2.45) is 11.3 Å². The van der Waals surface area contributed by atoms with E-state index in [0.717, 1.165) is 5.92 Å². The van der Waals surface area contributed by atoms with Crippen molar-refractivity contribution in [2.45, 2.75) is 26.2 Å². The Labute approximate surface area is 60.6 Å². The van der Waals surface area contributed by atoms with Crippen LogP contribution in [0.5, 0.6) is 0 Å². The fraction of sp³-hybridized carbons (Fsp3) is 0.875. The van der Waals surface area contributed by atoms with Crippen molar-refractivity contribution in [1.82, 2.24) is 0 Å². The average Bonchev–Trinajstić information content (AvgIpc) is 2.62. The van der Waals surface area contributed by atoms with Gasteiger partial charge in [0.25, 0.3) is 0 Å². The molecule has 0 bridgehead atoms. The number of hydrogen-bond donors (Lipinski definition) is 0. The summed E-state index contributed by atoms with van der Waals surface area (Å²) in [5.41, 5.74) is 0.205. The first-order valence-electron chi connectivity index (χ1n) is 3.86. The maximum Gasteiger partial charge on any atom is 0.306 e. The van der Waals surface area contributed by atoms with Crippen LogP contribution >= 0.6 is 0 Å². The molecule has 0 aromatic rings. The van der Waals surface area contributed by atoms with Crippen LogP contribution in [-0.4, -0.2) is 12.6 Å². The quantitative estimate of drug-likeness (QED) is 0.514. The highest BCUT2D eigenvalue weighted by molar-refractivity contribution is 5.72. The highest BCUT2D eigenvalue weighted by Gasteiger charge is 2.47. The third kappa shape index (κ3) is 0.825. The summed E-state index contributed by atoms with van der Waals surface area (Å²) in [6.07, 6.45) is 3.25. The van der Waals surface area contributed by atoms with E-state index in [1.54, 1.807) is 0 Å². The van der Waals surface area contributed by atoms with Gasteiger partial charge in [-0.3, -0.25) is 4.79 Å². The van der Waals surface area contributed by atoms with Gasteiger partial charge >= 0.3 is 5.97 Å². The summed E-state index contributed by atoms with van der Waals surface area (Å²) in [6.45, 7) is 2.83. The molecule has 0 spiro atoms. The molecule has 1 heterocycles. The number of esters is 1. The second kappa shape index (κ2) is 1.74. The normalized spacial score (nSPS) is 39.9. The molecule has 2 aliphatic rings. The van der Waals surface area contributed by atoms with Crippen molar-refractivity contribution in [2.75, 3.05) is 6.61 Å². The van der Waals surface area contributed by atoms with Crippen LogP contribution in [0.2, 0.25) is 0 Å². The molecule has 0 N–H and O–H groups in total. The third-order valence-electron chi connectivity index (χ3n) is 2.67. The highest BCUT2D eigenvalue weighted by Crippen LogP contribution is 2.50. The lowest BCUT2D eigenvalue weighted by molar-refractivity contribution is -0.137. The minimum Gasteiger partial charge on any atom is -0.465 e. The van der Waals surface area contributed by atoms with Gasteiger partial charge in [-0.05, 0) is 18.8 Å². The first-order valence-corrected chi connectivity index (χ1v) is 3.86. The molecule has 1 unspecified atom stereocenters. The largest absolute Gasteiger partial charge is 0.465 e. The van der Waals surface area contributed by atoms with E-state index in [4.69, 9.17) is 4.74 Å². The summed E-state index contributed by atoms with van der Waals surface area (Å²) in [6, 6.07) is 0. The fourth-order valence-electron chi connectivity index (χ4n) is 1.72. The molecular weight excluding hydrogens is 128 g/mol. The van der Waals surface area contributed by atoms with Gasteiger partial charge in [-0.1, -0.05) is 6.92 Å². The lowest BCUT2D eigenvalue weighted by Gasteiger charge is -2.17. The molecule has 2 fully saturated rings. The molecule has 1 atom stereocenters. The Hall–Kier alpha value is -0.530. The number of cyclic esters (lactones) is 1. The van der Waals surface area contributed by atoms with Gasteiger partial charge in [0.2, 0.25) is 0 Å². The first kappa shape index (κ1) is 6.20. The summed E-state index contributed by atoms with van der Waals surface area (Å²) in [7, 11) is 0. The Bertz CT molecular complexity index is 172. The molecule has 10 heavy (non-hydrogen) atoms. The van der Waals surface area contributed by atoms with E-state index < -0.39 is 0 Å². The van der Waals surface area contributed by atoms with Crippen molar-refractivity contribution in [3.63, 3.8) is 0 Å². The number of carbonyl (C=O) groups excluding carboxylic acids is 1. The van der Waals surface area contributed by atoms with Crippen molar-refractivity contribution < 1.29 is 9.53 Å². The molecule has 0 amide bonds. The van der Waals surface area contributed by atoms with Crippen LogP contribution in [0.4, 0.5) is 0 Å². The molecule has 0 radical (unpaired) electrons. The molecule has 2 nitrogen and oxygen atoms in total. The predicted octanol–water partition coefficient (Wildman–Crippen LogP) is 1.35. The van der Waals surface area contributed by atoms with Gasteiger partial charge in [0.05, 0.1) is 13.0 Å². The zero-order valence-electron chi connectivity index (χ0n) is 6.22. The number of hydrogen-bond acceptors (Lipinski definition) is 2. The Morgan fingerprint density at radius 1 is 1.60 bits per heavy atom. The lowest BCUT2D eigenvalue weighted by Crippen LogP contribution is -2.18. The molecule has 1 aliphatic carbocycles. The maximum absolute atomic E-state index is 10.8. The molecule has 1 aliphatic heterocycles. The van der Waals surface area contributed by atoms with Gasteiger partial charge in [-0.15, -0.1) is 0 Å². The van der Waals surface area contributed by atoms with Gasteiger partial charge in [0, 0.05) is 5.41 Å². The van der Waals surface area contributed by atoms with Gasteiger partial charge in [0.1, 0.15) is 0 Å². The molecule has 0 aromatic carbocycles. The third-order valence-corrected chi connectivity index (χ3v) is 2.67. The highest BCUT2D eigenvalue weighted by atomic mass is 16.5. The predicted molar refractivity (Wildman–Crippen MR) is 36.4 cm³/mol. The summed E-state index contributed by atoms with van der Waals surface area (Å²) in [5, 5.41) is 0. The Kier molecular flexibility index (Phi) is 1.08. The van der Waals surface area contributed by atoms with Crippen molar-refractivity contribution >= 4 is 5.97 Å². The molecule has 56 valence electrons. The Balaban J connectivity index is 2.08. The smallest absolute Gasteiger partial charge is 0.306 e. The van der Waals surface area contributed by atoms with Crippen LogP contribution in [0.3, 0.4) is 0 Å². The van der Waals surface area contributed by atoms with E-state index in [0.29, 0.717) is 13.0 Å².